The zero-order valence-corrected chi connectivity index (χ0v) is 12.4. The second kappa shape index (κ2) is 6.32. The van der Waals surface area contributed by atoms with Crippen molar-refractivity contribution in [3.63, 3.8) is 0 Å². The van der Waals surface area contributed by atoms with Crippen molar-refractivity contribution in [3.05, 3.63) is 54.2 Å². The number of benzene rings is 1. The van der Waals surface area contributed by atoms with Gasteiger partial charge >= 0.3 is 6.03 Å². The molecule has 23 heavy (non-hydrogen) atoms. The largest absolute Gasteiger partial charge is 0.506 e. The summed E-state index contributed by atoms with van der Waals surface area (Å²) < 4.78 is 1.44. The van der Waals surface area contributed by atoms with Crippen molar-refractivity contribution >= 4 is 29.0 Å². The first-order chi connectivity index (χ1) is 11.1. The van der Waals surface area contributed by atoms with Crippen molar-refractivity contribution in [2.24, 2.45) is 0 Å². The lowest BCUT2D eigenvalue weighted by molar-refractivity contribution is 0.262. The highest BCUT2D eigenvalue weighted by Gasteiger charge is 2.10. The molecule has 2 aromatic heterocycles. The number of phenols is 1. The molecule has 0 atom stereocenters. The number of pyridine rings is 1. The average Bonchev–Trinajstić information content (AvgIpc) is 3.06. The number of carbonyl (C=O) groups is 1. The zero-order valence-electron chi connectivity index (χ0n) is 11.6. The van der Waals surface area contributed by atoms with Crippen LogP contribution in [0.25, 0.3) is 5.82 Å². The van der Waals surface area contributed by atoms with Gasteiger partial charge in [-0.15, -0.1) is 0 Å². The third-order valence-corrected chi connectivity index (χ3v) is 3.18. The van der Waals surface area contributed by atoms with Gasteiger partial charge in [0.15, 0.2) is 5.82 Å². The van der Waals surface area contributed by atoms with Crippen molar-refractivity contribution in [2.75, 3.05) is 10.6 Å². The summed E-state index contributed by atoms with van der Waals surface area (Å²) in [4.78, 5) is 20.1. The minimum atomic E-state index is -0.485. The number of rotatable bonds is 3. The molecule has 116 valence electrons. The van der Waals surface area contributed by atoms with E-state index in [0.29, 0.717) is 17.2 Å². The number of carbonyl (C=O) groups excluding carboxylic acids is 1. The van der Waals surface area contributed by atoms with Gasteiger partial charge in [-0.25, -0.2) is 19.4 Å². The standard InChI is InChI=1S/C14H11ClN6O2/c15-10-6-9(3-4-12(10)22)19-14(23)20-11-2-1-5-17-13(11)21-8-16-7-18-21/h1-8,22H,(H2,19,20,23). The maximum atomic E-state index is 12.1. The van der Waals surface area contributed by atoms with E-state index in [1.165, 1.54) is 35.5 Å². The Morgan fingerprint density at radius 3 is 2.87 bits per heavy atom. The molecule has 2 heterocycles. The van der Waals surface area contributed by atoms with Gasteiger partial charge in [-0.2, -0.15) is 5.10 Å². The number of nitrogens with one attached hydrogen (secondary N) is 2. The Hall–Kier alpha value is -3.13. The average molecular weight is 331 g/mol. The highest BCUT2D eigenvalue weighted by Crippen LogP contribution is 2.26. The van der Waals surface area contributed by atoms with Crippen LogP contribution in [-0.2, 0) is 0 Å². The molecule has 8 nitrogen and oxygen atoms in total. The maximum absolute atomic E-state index is 12.1. The predicted octanol–water partition coefficient (Wildman–Crippen LogP) is 2.67. The van der Waals surface area contributed by atoms with Crippen LogP contribution in [0.1, 0.15) is 0 Å². The molecule has 0 bridgehead atoms. The van der Waals surface area contributed by atoms with E-state index >= 15 is 0 Å². The summed E-state index contributed by atoms with van der Waals surface area (Å²) in [6.07, 6.45) is 4.43. The van der Waals surface area contributed by atoms with Crippen molar-refractivity contribution < 1.29 is 9.90 Å². The van der Waals surface area contributed by atoms with Crippen molar-refractivity contribution in [2.45, 2.75) is 0 Å². The minimum absolute atomic E-state index is 0.0571. The van der Waals surface area contributed by atoms with Crippen LogP contribution in [0.15, 0.2) is 49.2 Å². The molecule has 3 aromatic rings. The molecule has 0 aliphatic rings. The van der Waals surface area contributed by atoms with Gasteiger partial charge in [0.25, 0.3) is 0 Å². The van der Waals surface area contributed by atoms with E-state index in [2.05, 4.69) is 25.7 Å². The Morgan fingerprint density at radius 1 is 1.26 bits per heavy atom. The number of urea groups is 1. The molecule has 0 aliphatic heterocycles. The highest BCUT2D eigenvalue weighted by molar-refractivity contribution is 6.32. The number of hydrogen-bond donors (Lipinski definition) is 3. The van der Waals surface area contributed by atoms with Crippen molar-refractivity contribution in [1.29, 1.82) is 0 Å². The molecule has 0 radical (unpaired) electrons. The fourth-order valence-electron chi connectivity index (χ4n) is 1.86. The number of hydrogen-bond acceptors (Lipinski definition) is 5. The predicted molar refractivity (Wildman–Crippen MR) is 84.9 cm³/mol. The van der Waals surface area contributed by atoms with Gasteiger partial charge in [0.1, 0.15) is 18.4 Å². The molecule has 0 aliphatic carbocycles. The number of nitrogens with zero attached hydrogens (tertiary/aromatic N) is 4. The van der Waals surface area contributed by atoms with E-state index in [4.69, 9.17) is 11.6 Å². The Morgan fingerprint density at radius 2 is 2.13 bits per heavy atom. The summed E-state index contributed by atoms with van der Waals surface area (Å²) in [5, 5.41) is 18.8. The number of halogens is 1. The number of aromatic hydroxyl groups is 1. The van der Waals surface area contributed by atoms with Crippen LogP contribution >= 0.6 is 11.6 Å². The first-order valence-electron chi connectivity index (χ1n) is 6.50. The minimum Gasteiger partial charge on any atom is -0.506 e. The van der Waals surface area contributed by atoms with Gasteiger partial charge < -0.3 is 15.7 Å². The summed E-state index contributed by atoms with van der Waals surface area (Å²) in [6, 6.07) is 7.26. The molecule has 0 saturated carbocycles. The third kappa shape index (κ3) is 3.38. The third-order valence-electron chi connectivity index (χ3n) is 2.88. The molecule has 3 N–H and O–H groups in total. The van der Waals surface area contributed by atoms with E-state index in [1.54, 1.807) is 18.3 Å². The molecule has 9 heteroatoms. The first-order valence-corrected chi connectivity index (χ1v) is 6.88. The van der Waals surface area contributed by atoms with Crippen LogP contribution < -0.4 is 10.6 Å². The number of amides is 2. The lowest BCUT2D eigenvalue weighted by Gasteiger charge is -2.11. The monoisotopic (exact) mass is 330 g/mol. The SMILES string of the molecule is O=C(Nc1ccc(O)c(Cl)c1)Nc1cccnc1-n1cncn1. The maximum Gasteiger partial charge on any atom is 0.323 e. The fourth-order valence-corrected chi connectivity index (χ4v) is 2.04. The summed E-state index contributed by atoms with van der Waals surface area (Å²) >= 11 is 5.80. The quantitative estimate of drug-likeness (QED) is 0.640. The van der Waals surface area contributed by atoms with Crippen molar-refractivity contribution in [1.82, 2.24) is 19.7 Å². The Kier molecular flexibility index (Phi) is 4.07. The van der Waals surface area contributed by atoms with E-state index in [1.807, 2.05) is 0 Å². The molecule has 0 spiro atoms. The first kappa shape index (κ1) is 14.8. The molecule has 1 aromatic carbocycles. The molecule has 0 saturated heterocycles. The molecule has 3 rings (SSSR count). The summed E-state index contributed by atoms with van der Waals surface area (Å²) in [6.45, 7) is 0. The summed E-state index contributed by atoms with van der Waals surface area (Å²) in [5.41, 5.74) is 0.900. The summed E-state index contributed by atoms with van der Waals surface area (Å²) in [7, 11) is 0. The number of phenolic OH excluding ortho intramolecular Hbond substituents is 1. The van der Waals surface area contributed by atoms with E-state index in [-0.39, 0.29) is 10.8 Å². The second-order valence-electron chi connectivity index (χ2n) is 4.46. The molecular formula is C14H11ClN6O2. The van der Waals surface area contributed by atoms with Crippen LogP contribution in [-0.4, -0.2) is 30.9 Å². The van der Waals surface area contributed by atoms with Gasteiger partial charge in [0.2, 0.25) is 0 Å². The van der Waals surface area contributed by atoms with E-state index < -0.39 is 6.03 Å². The Balaban J connectivity index is 1.77. The Bertz CT molecular complexity index is 837. The molecular weight excluding hydrogens is 320 g/mol. The Labute approximate surface area is 135 Å². The molecule has 2 amide bonds. The van der Waals surface area contributed by atoms with E-state index in [9.17, 15) is 9.90 Å². The number of anilines is 2. The van der Waals surface area contributed by atoms with Gasteiger partial charge in [-0.1, -0.05) is 11.6 Å². The normalized spacial score (nSPS) is 10.3. The highest BCUT2D eigenvalue weighted by atomic mass is 35.5. The summed E-state index contributed by atoms with van der Waals surface area (Å²) in [5.74, 6) is 0.377. The van der Waals surface area contributed by atoms with Crippen LogP contribution in [0.3, 0.4) is 0 Å². The van der Waals surface area contributed by atoms with Crippen molar-refractivity contribution in [3.8, 4) is 11.6 Å². The smallest absolute Gasteiger partial charge is 0.323 e. The zero-order chi connectivity index (χ0) is 16.2. The number of aromatic nitrogens is 4. The lowest BCUT2D eigenvalue weighted by atomic mass is 10.3. The van der Waals surface area contributed by atoms with Gasteiger partial charge in [-0.05, 0) is 30.3 Å². The van der Waals surface area contributed by atoms with Crippen LogP contribution in [0, 0.1) is 0 Å². The van der Waals surface area contributed by atoms with Gasteiger partial charge in [-0.3, -0.25) is 0 Å². The van der Waals surface area contributed by atoms with Crippen LogP contribution in [0.2, 0.25) is 5.02 Å². The lowest BCUT2D eigenvalue weighted by Crippen LogP contribution is -2.20. The van der Waals surface area contributed by atoms with Gasteiger partial charge in [0, 0.05) is 11.9 Å². The van der Waals surface area contributed by atoms with E-state index in [0.717, 1.165) is 0 Å². The van der Waals surface area contributed by atoms with Crippen LogP contribution in [0.4, 0.5) is 16.2 Å². The second-order valence-corrected chi connectivity index (χ2v) is 4.87. The molecule has 0 fully saturated rings. The van der Waals surface area contributed by atoms with Gasteiger partial charge in [0.05, 0.1) is 10.7 Å². The molecule has 0 unspecified atom stereocenters. The van der Waals surface area contributed by atoms with Crippen LogP contribution in [0.5, 0.6) is 5.75 Å². The topological polar surface area (TPSA) is 105 Å². The fraction of sp³-hybridized carbons (Fsp3) is 0.